The molecule has 24 heavy (non-hydrogen) atoms. The van der Waals surface area contributed by atoms with Gasteiger partial charge in [0, 0.05) is 6.07 Å². The highest BCUT2D eigenvalue weighted by atomic mass is 32.3. The number of carbonyl (C=O) groups is 1. The molecule has 1 heterocycles. The van der Waals surface area contributed by atoms with E-state index < -0.39 is 39.5 Å². The van der Waals surface area contributed by atoms with Gasteiger partial charge in [-0.05, 0) is 39.3 Å². The van der Waals surface area contributed by atoms with E-state index in [1.807, 2.05) is 0 Å². The van der Waals surface area contributed by atoms with Gasteiger partial charge in [-0.25, -0.2) is 9.18 Å². The lowest BCUT2D eigenvalue weighted by atomic mass is 10.1. The van der Waals surface area contributed by atoms with Crippen molar-refractivity contribution in [3.63, 3.8) is 0 Å². The number of benzene rings is 1. The van der Waals surface area contributed by atoms with Crippen molar-refractivity contribution < 1.29 is 31.0 Å². The molecule has 1 aliphatic heterocycles. The lowest BCUT2D eigenvalue weighted by molar-refractivity contribution is 0.0541. The number of rotatable bonds is 3. The minimum absolute atomic E-state index is 0.0482. The van der Waals surface area contributed by atoms with Crippen LogP contribution in [0.3, 0.4) is 0 Å². The molecule has 1 aromatic carbocycles. The van der Waals surface area contributed by atoms with Crippen LogP contribution >= 0.6 is 0 Å². The van der Waals surface area contributed by atoms with Gasteiger partial charge in [0.05, 0.1) is 17.5 Å². The summed E-state index contributed by atoms with van der Waals surface area (Å²) < 4.78 is 58.7. The van der Waals surface area contributed by atoms with Crippen LogP contribution in [0.25, 0.3) is 0 Å². The molecule has 0 radical (unpaired) electrons. The van der Waals surface area contributed by atoms with Crippen LogP contribution in [-0.4, -0.2) is 38.5 Å². The summed E-state index contributed by atoms with van der Waals surface area (Å²) in [4.78, 5) is 13.6. The molecule has 0 N–H and O–H groups in total. The van der Waals surface area contributed by atoms with Crippen molar-refractivity contribution >= 4 is 22.0 Å². The molecule has 1 unspecified atom stereocenters. The Hall–Kier alpha value is -1.90. The highest BCUT2D eigenvalue weighted by Crippen LogP contribution is 2.36. The second kappa shape index (κ2) is 6.54. The van der Waals surface area contributed by atoms with Gasteiger partial charge in [-0.15, -0.1) is 3.89 Å². The summed E-state index contributed by atoms with van der Waals surface area (Å²) in [5, 5.41) is 0. The van der Waals surface area contributed by atoms with E-state index in [1.165, 1.54) is 12.1 Å². The maximum Gasteiger partial charge on any atom is 0.415 e. The molecule has 0 fully saturated rings. The zero-order chi connectivity index (χ0) is 18.1. The third kappa shape index (κ3) is 4.80. The van der Waals surface area contributed by atoms with Gasteiger partial charge in [-0.1, -0.05) is 0 Å². The lowest BCUT2D eigenvalue weighted by Crippen LogP contribution is -2.49. The van der Waals surface area contributed by atoms with E-state index in [4.69, 9.17) is 9.47 Å². The Labute approximate surface area is 139 Å². The maximum atomic E-state index is 13.6. The van der Waals surface area contributed by atoms with Gasteiger partial charge in [0.2, 0.25) is 0 Å². The van der Waals surface area contributed by atoms with E-state index in [-0.39, 0.29) is 24.5 Å². The topological polar surface area (TPSA) is 72.9 Å². The standard InChI is InChI=1S/C15H19F2NO5S/c1-15(2,3)23-14(19)18-11(6-7-24(17,20)21)9-22-13-5-4-10(16)8-12(13)18/h4-5,8,11H,6-7,9H2,1-3H3. The lowest BCUT2D eigenvalue weighted by Gasteiger charge is -2.37. The second-order valence-electron chi connectivity index (χ2n) is 6.46. The van der Waals surface area contributed by atoms with Crippen LogP contribution in [0.15, 0.2) is 18.2 Å². The molecule has 0 saturated carbocycles. The zero-order valence-corrected chi connectivity index (χ0v) is 14.4. The number of anilines is 1. The number of amides is 1. The van der Waals surface area contributed by atoms with Crippen molar-refractivity contribution in [3.8, 4) is 5.75 Å². The van der Waals surface area contributed by atoms with Crippen LogP contribution in [0.4, 0.5) is 18.8 Å². The van der Waals surface area contributed by atoms with Crippen molar-refractivity contribution in [2.24, 2.45) is 0 Å². The van der Waals surface area contributed by atoms with Crippen LogP contribution < -0.4 is 9.64 Å². The van der Waals surface area contributed by atoms with Crippen LogP contribution in [0.2, 0.25) is 0 Å². The minimum atomic E-state index is -4.70. The second-order valence-corrected chi connectivity index (χ2v) is 7.94. The number of fused-ring (bicyclic) bond motifs is 1. The first-order valence-electron chi connectivity index (χ1n) is 7.33. The third-order valence-corrected chi connectivity index (χ3v) is 3.99. The summed E-state index contributed by atoms with van der Waals surface area (Å²) >= 11 is 0. The number of hydrogen-bond donors (Lipinski definition) is 0. The number of carbonyl (C=O) groups excluding carboxylic acids is 1. The Morgan fingerprint density at radius 3 is 2.67 bits per heavy atom. The molecule has 0 saturated heterocycles. The highest BCUT2D eigenvalue weighted by Gasteiger charge is 2.36. The first-order valence-corrected chi connectivity index (χ1v) is 8.88. The van der Waals surface area contributed by atoms with Crippen LogP contribution in [-0.2, 0) is 15.0 Å². The molecular weight excluding hydrogens is 344 g/mol. The number of hydrogen-bond acceptors (Lipinski definition) is 5. The summed E-state index contributed by atoms with van der Waals surface area (Å²) in [6, 6.07) is 2.84. The van der Waals surface area contributed by atoms with Crippen molar-refractivity contribution in [1.82, 2.24) is 0 Å². The number of halogens is 2. The minimum Gasteiger partial charge on any atom is -0.489 e. The average molecular weight is 363 g/mol. The van der Waals surface area contributed by atoms with Gasteiger partial charge < -0.3 is 9.47 Å². The molecule has 9 heteroatoms. The van der Waals surface area contributed by atoms with Crippen molar-refractivity contribution in [1.29, 1.82) is 0 Å². The molecule has 1 aliphatic rings. The van der Waals surface area contributed by atoms with E-state index in [9.17, 15) is 21.5 Å². The van der Waals surface area contributed by atoms with Gasteiger partial charge in [0.25, 0.3) is 0 Å². The molecule has 0 spiro atoms. The van der Waals surface area contributed by atoms with E-state index in [0.29, 0.717) is 0 Å². The van der Waals surface area contributed by atoms with Gasteiger partial charge in [-0.3, -0.25) is 4.90 Å². The predicted octanol–water partition coefficient (Wildman–Crippen LogP) is 3.02. The average Bonchev–Trinajstić information content (AvgIpc) is 2.41. The quantitative estimate of drug-likeness (QED) is 0.772. The van der Waals surface area contributed by atoms with E-state index in [0.717, 1.165) is 11.0 Å². The van der Waals surface area contributed by atoms with E-state index in [1.54, 1.807) is 20.8 Å². The van der Waals surface area contributed by atoms with Crippen LogP contribution in [0.5, 0.6) is 5.75 Å². The van der Waals surface area contributed by atoms with Gasteiger partial charge in [0.1, 0.15) is 23.8 Å². The zero-order valence-electron chi connectivity index (χ0n) is 13.6. The maximum absolute atomic E-state index is 13.6. The summed E-state index contributed by atoms with van der Waals surface area (Å²) in [6.45, 7) is 4.95. The SMILES string of the molecule is CC(C)(C)OC(=O)N1c2cc(F)ccc2OCC1CCS(=O)(=O)F. The van der Waals surface area contributed by atoms with Crippen molar-refractivity contribution in [3.05, 3.63) is 24.0 Å². The molecule has 6 nitrogen and oxygen atoms in total. The number of ether oxygens (including phenoxy) is 2. The molecule has 0 aliphatic carbocycles. The van der Waals surface area contributed by atoms with Crippen molar-refractivity contribution in [2.75, 3.05) is 17.3 Å². The fraction of sp³-hybridized carbons (Fsp3) is 0.533. The molecular formula is C15H19F2NO5S. The number of nitrogens with zero attached hydrogens (tertiary/aromatic N) is 1. The van der Waals surface area contributed by atoms with Crippen LogP contribution in [0.1, 0.15) is 27.2 Å². The van der Waals surface area contributed by atoms with Gasteiger partial charge in [0.15, 0.2) is 0 Å². The first kappa shape index (κ1) is 18.4. The molecule has 0 aromatic heterocycles. The Kier molecular flexibility index (Phi) is 5.03. The highest BCUT2D eigenvalue weighted by molar-refractivity contribution is 7.86. The van der Waals surface area contributed by atoms with E-state index in [2.05, 4.69) is 0 Å². The Morgan fingerprint density at radius 1 is 1.42 bits per heavy atom. The summed E-state index contributed by atoms with van der Waals surface area (Å²) in [6.07, 6.45) is -0.979. The fourth-order valence-corrected chi connectivity index (χ4v) is 2.86. The molecule has 1 atom stereocenters. The third-order valence-electron chi connectivity index (χ3n) is 3.26. The fourth-order valence-electron chi connectivity index (χ4n) is 2.31. The largest absolute Gasteiger partial charge is 0.489 e. The molecule has 134 valence electrons. The van der Waals surface area contributed by atoms with Crippen molar-refractivity contribution in [2.45, 2.75) is 38.8 Å². The van der Waals surface area contributed by atoms with Crippen LogP contribution in [0, 0.1) is 5.82 Å². The monoisotopic (exact) mass is 363 g/mol. The molecule has 0 bridgehead atoms. The summed E-state index contributed by atoms with van der Waals surface area (Å²) in [5.74, 6) is -1.10. The summed E-state index contributed by atoms with van der Waals surface area (Å²) in [7, 11) is -4.70. The smallest absolute Gasteiger partial charge is 0.415 e. The van der Waals surface area contributed by atoms with Gasteiger partial charge >= 0.3 is 16.3 Å². The molecule has 2 rings (SSSR count). The van der Waals surface area contributed by atoms with E-state index >= 15 is 0 Å². The Bertz CT molecular complexity index is 730. The predicted molar refractivity (Wildman–Crippen MR) is 83.9 cm³/mol. The Balaban J connectivity index is 2.35. The first-order chi connectivity index (χ1) is 11.0. The van der Waals surface area contributed by atoms with Gasteiger partial charge in [-0.2, -0.15) is 8.42 Å². The summed E-state index contributed by atoms with van der Waals surface area (Å²) in [5.41, 5.74) is -0.684. The molecule has 1 amide bonds. The Morgan fingerprint density at radius 2 is 2.08 bits per heavy atom. The molecule has 1 aromatic rings. The normalized spacial score (nSPS) is 17.9.